The fourth-order valence-electron chi connectivity index (χ4n) is 5.22. The molecule has 0 atom stereocenters. The maximum absolute atomic E-state index is 13.7. The van der Waals surface area contributed by atoms with Gasteiger partial charge in [0, 0.05) is 65.3 Å². The van der Waals surface area contributed by atoms with E-state index in [0.717, 1.165) is 29.9 Å². The lowest BCUT2D eigenvalue weighted by atomic mass is 9.88. The van der Waals surface area contributed by atoms with Crippen LogP contribution in [0.2, 0.25) is 0 Å². The Labute approximate surface area is 234 Å². The minimum absolute atomic E-state index is 0.0278. The molecule has 0 bridgehead atoms. The number of ether oxygens (including phenoxy) is 1. The molecule has 1 aliphatic heterocycles. The third kappa shape index (κ3) is 5.26. The van der Waals surface area contributed by atoms with Crippen molar-refractivity contribution in [2.45, 2.75) is 34.1 Å². The maximum atomic E-state index is 13.7. The molecular formula is C33H35FN2O4. The number of benzene rings is 3. The predicted octanol–water partition coefficient (Wildman–Crippen LogP) is 7.11. The van der Waals surface area contributed by atoms with Crippen LogP contribution in [0.3, 0.4) is 0 Å². The lowest BCUT2D eigenvalue weighted by Gasteiger charge is -2.38. The second-order valence-electron chi connectivity index (χ2n) is 10.7. The SMILES string of the molecule is CCC(=O)c1c(-c2ccc(F)cc2)oc2cc(N(CC)CC)c(-c3cccc(C(=O)NCC4(C)COC4)c3)cc12. The molecular weight excluding hydrogens is 507 g/mol. The minimum atomic E-state index is -0.353. The van der Waals surface area contributed by atoms with Gasteiger partial charge in [-0.25, -0.2) is 4.39 Å². The summed E-state index contributed by atoms with van der Waals surface area (Å²) in [4.78, 5) is 28.5. The Hall–Kier alpha value is -3.97. The van der Waals surface area contributed by atoms with E-state index in [1.54, 1.807) is 12.1 Å². The van der Waals surface area contributed by atoms with Crippen molar-refractivity contribution in [3.05, 3.63) is 77.6 Å². The van der Waals surface area contributed by atoms with Gasteiger partial charge in [-0.2, -0.15) is 0 Å². The normalized spacial score (nSPS) is 14.1. The van der Waals surface area contributed by atoms with Gasteiger partial charge < -0.3 is 19.4 Å². The van der Waals surface area contributed by atoms with Crippen molar-refractivity contribution in [3.63, 3.8) is 0 Å². The molecule has 1 saturated heterocycles. The van der Waals surface area contributed by atoms with Gasteiger partial charge in [0.15, 0.2) is 5.78 Å². The zero-order valence-corrected chi connectivity index (χ0v) is 23.5. The monoisotopic (exact) mass is 542 g/mol. The molecule has 3 aromatic carbocycles. The van der Waals surface area contributed by atoms with Crippen molar-refractivity contribution in [3.8, 4) is 22.5 Å². The van der Waals surface area contributed by atoms with Crippen LogP contribution in [0.4, 0.5) is 10.1 Å². The van der Waals surface area contributed by atoms with Gasteiger partial charge in [-0.1, -0.05) is 26.0 Å². The summed E-state index contributed by atoms with van der Waals surface area (Å²) in [6, 6.07) is 17.5. The molecule has 4 aromatic rings. The van der Waals surface area contributed by atoms with Gasteiger partial charge in [0.2, 0.25) is 0 Å². The summed E-state index contributed by atoms with van der Waals surface area (Å²) in [5.41, 5.74) is 4.98. The number of furan rings is 1. The second kappa shape index (κ2) is 11.3. The van der Waals surface area contributed by atoms with Crippen molar-refractivity contribution in [1.29, 1.82) is 0 Å². The van der Waals surface area contributed by atoms with Crippen LogP contribution in [0, 0.1) is 11.2 Å². The Morgan fingerprint density at radius 2 is 1.70 bits per heavy atom. The van der Waals surface area contributed by atoms with Gasteiger partial charge in [-0.3, -0.25) is 9.59 Å². The Morgan fingerprint density at radius 1 is 0.975 bits per heavy atom. The number of ketones is 1. The quantitative estimate of drug-likeness (QED) is 0.216. The number of nitrogens with one attached hydrogen (secondary N) is 1. The standard InChI is InChI=1S/C33H35FN2O4/c1-5-28(37)30-26-16-25(22-9-8-10-23(15-22)32(38)35-18-33(4)19-39-20-33)27(36(6-2)7-3)17-29(26)40-31(30)21-11-13-24(34)14-12-21/h8-17H,5-7,18-20H2,1-4H3,(H,35,38). The number of fused-ring (bicyclic) bond motifs is 1. The molecule has 1 N–H and O–H groups in total. The van der Waals surface area contributed by atoms with E-state index in [4.69, 9.17) is 9.15 Å². The summed E-state index contributed by atoms with van der Waals surface area (Å²) in [5.74, 6) is -0.107. The molecule has 208 valence electrons. The molecule has 6 nitrogen and oxygen atoms in total. The molecule has 1 aliphatic rings. The van der Waals surface area contributed by atoms with Gasteiger partial charge in [0.1, 0.15) is 17.2 Å². The van der Waals surface area contributed by atoms with E-state index in [9.17, 15) is 14.0 Å². The summed E-state index contributed by atoms with van der Waals surface area (Å²) in [5, 5.41) is 3.75. The highest BCUT2D eigenvalue weighted by Gasteiger charge is 2.33. The second-order valence-corrected chi connectivity index (χ2v) is 10.7. The lowest BCUT2D eigenvalue weighted by molar-refractivity contribution is -0.0978. The van der Waals surface area contributed by atoms with Gasteiger partial charge >= 0.3 is 0 Å². The molecule has 0 saturated carbocycles. The van der Waals surface area contributed by atoms with E-state index in [1.165, 1.54) is 12.1 Å². The molecule has 0 unspecified atom stereocenters. The molecule has 2 heterocycles. The van der Waals surface area contributed by atoms with Crippen LogP contribution in [-0.2, 0) is 4.74 Å². The van der Waals surface area contributed by atoms with Crippen molar-refractivity contribution in [2.24, 2.45) is 5.41 Å². The van der Waals surface area contributed by atoms with Crippen molar-refractivity contribution in [2.75, 3.05) is 37.7 Å². The zero-order chi connectivity index (χ0) is 28.4. The summed E-state index contributed by atoms with van der Waals surface area (Å²) in [7, 11) is 0. The number of carbonyl (C=O) groups excluding carboxylic acids is 2. The maximum Gasteiger partial charge on any atom is 0.251 e. The topological polar surface area (TPSA) is 71.8 Å². The smallest absolute Gasteiger partial charge is 0.251 e. The zero-order valence-electron chi connectivity index (χ0n) is 23.5. The number of hydrogen-bond donors (Lipinski definition) is 1. The fourth-order valence-corrected chi connectivity index (χ4v) is 5.22. The van der Waals surface area contributed by atoms with Crippen LogP contribution in [0.5, 0.6) is 0 Å². The van der Waals surface area contributed by atoms with Crippen molar-refractivity contribution >= 4 is 28.3 Å². The van der Waals surface area contributed by atoms with E-state index in [-0.39, 0.29) is 22.9 Å². The first-order valence-electron chi connectivity index (χ1n) is 13.9. The highest BCUT2D eigenvalue weighted by molar-refractivity contribution is 6.13. The first-order valence-corrected chi connectivity index (χ1v) is 13.9. The van der Waals surface area contributed by atoms with Crippen LogP contribution in [0.1, 0.15) is 54.8 Å². The summed E-state index contributed by atoms with van der Waals surface area (Å²) >= 11 is 0. The van der Waals surface area contributed by atoms with E-state index < -0.39 is 0 Å². The van der Waals surface area contributed by atoms with Crippen molar-refractivity contribution < 1.29 is 23.1 Å². The summed E-state index contributed by atoms with van der Waals surface area (Å²) < 4.78 is 25.3. The number of amides is 1. The summed E-state index contributed by atoms with van der Waals surface area (Å²) in [6.45, 7) is 11.5. The van der Waals surface area contributed by atoms with E-state index >= 15 is 0 Å². The fraction of sp³-hybridized carbons (Fsp3) is 0.333. The molecule has 1 fully saturated rings. The van der Waals surface area contributed by atoms with Crippen LogP contribution in [0.15, 0.2) is 65.1 Å². The molecule has 1 amide bonds. The molecule has 5 rings (SSSR count). The van der Waals surface area contributed by atoms with E-state index in [1.807, 2.05) is 43.3 Å². The van der Waals surface area contributed by atoms with Crippen LogP contribution >= 0.6 is 0 Å². The number of nitrogens with zero attached hydrogens (tertiary/aromatic N) is 1. The highest BCUT2D eigenvalue weighted by atomic mass is 19.1. The van der Waals surface area contributed by atoms with Crippen LogP contribution in [-0.4, -0.2) is 44.5 Å². The van der Waals surface area contributed by atoms with Gasteiger partial charge in [0.25, 0.3) is 5.91 Å². The number of Topliss-reactive ketones (excluding diaryl/α,β-unsaturated/α-hetero) is 1. The number of halogens is 1. The average Bonchev–Trinajstić information content (AvgIpc) is 3.33. The van der Waals surface area contributed by atoms with Gasteiger partial charge in [0.05, 0.1) is 18.8 Å². The molecule has 1 aromatic heterocycles. The Bertz CT molecular complexity index is 1550. The third-order valence-electron chi connectivity index (χ3n) is 7.63. The summed E-state index contributed by atoms with van der Waals surface area (Å²) in [6.07, 6.45) is 0.301. The average molecular weight is 543 g/mol. The van der Waals surface area contributed by atoms with Crippen molar-refractivity contribution in [1.82, 2.24) is 5.32 Å². The largest absolute Gasteiger partial charge is 0.455 e. The Balaban J connectivity index is 1.64. The van der Waals surface area contributed by atoms with E-state index in [0.29, 0.717) is 59.6 Å². The number of rotatable bonds is 10. The number of carbonyl (C=O) groups is 2. The Kier molecular flexibility index (Phi) is 7.76. The first kappa shape index (κ1) is 27.6. The first-order chi connectivity index (χ1) is 19.3. The van der Waals surface area contributed by atoms with Crippen LogP contribution in [0.25, 0.3) is 33.4 Å². The molecule has 40 heavy (non-hydrogen) atoms. The van der Waals surface area contributed by atoms with Crippen LogP contribution < -0.4 is 10.2 Å². The molecule has 0 aliphatic carbocycles. The highest BCUT2D eigenvalue weighted by Crippen LogP contribution is 2.41. The van der Waals surface area contributed by atoms with E-state index in [2.05, 4.69) is 31.0 Å². The lowest BCUT2D eigenvalue weighted by Crippen LogP contribution is -2.48. The minimum Gasteiger partial charge on any atom is -0.455 e. The number of hydrogen-bond acceptors (Lipinski definition) is 5. The number of anilines is 1. The predicted molar refractivity (Wildman–Crippen MR) is 156 cm³/mol. The van der Waals surface area contributed by atoms with Gasteiger partial charge in [-0.05, 0) is 61.9 Å². The molecule has 7 heteroatoms. The molecule has 0 spiro atoms. The van der Waals surface area contributed by atoms with Gasteiger partial charge in [-0.15, -0.1) is 0 Å². The Morgan fingerprint density at radius 3 is 2.33 bits per heavy atom. The third-order valence-corrected chi connectivity index (χ3v) is 7.63. The molecule has 0 radical (unpaired) electrons.